The summed E-state index contributed by atoms with van der Waals surface area (Å²) in [7, 11) is 1.77. The summed E-state index contributed by atoms with van der Waals surface area (Å²) in [5.41, 5.74) is 1.85. The van der Waals surface area contributed by atoms with Gasteiger partial charge in [-0.05, 0) is 23.6 Å². The smallest absolute Gasteiger partial charge is 0.168 e. The lowest BCUT2D eigenvalue weighted by molar-refractivity contribution is 0.861. The molecule has 0 aliphatic carbocycles. The van der Waals surface area contributed by atoms with E-state index in [1.54, 1.807) is 23.1 Å². The minimum atomic E-state index is 0.828. The summed E-state index contributed by atoms with van der Waals surface area (Å²) < 4.78 is 1.78. The van der Waals surface area contributed by atoms with E-state index in [1.807, 2.05) is 41.8 Å². The average Bonchev–Trinajstić information content (AvgIpc) is 3.01. The molecule has 0 amide bonds. The van der Waals surface area contributed by atoms with Gasteiger partial charge in [-0.1, -0.05) is 23.4 Å². The first-order chi connectivity index (χ1) is 8.40. The van der Waals surface area contributed by atoms with Crippen molar-refractivity contribution in [1.29, 1.82) is 0 Å². The lowest BCUT2D eigenvalue weighted by Gasteiger charge is -2.03. The zero-order valence-electron chi connectivity index (χ0n) is 9.24. The van der Waals surface area contributed by atoms with Crippen LogP contribution in [0.25, 0.3) is 11.0 Å². The highest BCUT2D eigenvalue weighted by Crippen LogP contribution is 2.15. The van der Waals surface area contributed by atoms with Crippen molar-refractivity contribution in [3.05, 3.63) is 46.7 Å². The molecule has 0 aliphatic rings. The number of fused-ring (bicyclic) bond motifs is 1. The third-order valence-corrected chi connectivity index (χ3v) is 3.37. The van der Waals surface area contributed by atoms with Gasteiger partial charge in [-0.2, -0.15) is 4.68 Å². The third kappa shape index (κ3) is 1.64. The second-order valence-electron chi connectivity index (χ2n) is 3.51. The quantitative estimate of drug-likeness (QED) is 0.486. The zero-order valence-corrected chi connectivity index (χ0v) is 10.1. The van der Waals surface area contributed by atoms with Crippen molar-refractivity contribution in [3.8, 4) is 0 Å². The maximum Gasteiger partial charge on any atom is 0.168 e. The van der Waals surface area contributed by atoms with Crippen molar-refractivity contribution in [2.45, 2.75) is 0 Å². The van der Waals surface area contributed by atoms with E-state index in [0.717, 1.165) is 21.7 Å². The van der Waals surface area contributed by atoms with Gasteiger partial charge >= 0.3 is 0 Å². The van der Waals surface area contributed by atoms with E-state index in [-0.39, 0.29) is 0 Å². The number of benzene rings is 1. The Balaban J connectivity index is 2.21. The summed E-state index contributed by atoms with van der Waals surface area (Å²) in [5.74, 6) is 0.828. The number of aromatic nitrogens is 3. The molecule has 0 saturated carbocycles. The van der Waals surface area contributed by atoms with Gasteiger partial charge in [-0.25, -0.2) is 0 Å². The summed E-state index contributed by atoms with van der Waals surface area (Å²) in [4.78, 5) is 5.40. The molecule has 0 saturated heterocycles. The van der Waals surface area contributed by atoms with Gasteiger partial charge in [0.1, 0.15) is 5.52 Å². The maximum atomic E-state index is 4.31. The van der Waals surface area contributed by atoms with Crippen LogP contribution in [-0.4, -0.2) is 27.9 Å². The number of aliphatic imine (C=N–C) groups is 1. The highest BCUT2D eigenvalue weighted by molar-refractivity contribution is 7.12. The van der Waals surface area contributed by atoms with E-state index >= 15 is 0 Å². The van der Waals surface area contributed by atoms with E-state index < -0.39 is 0 Å². The number of rotatable bonds is 1. The average molecular weight is 242 g/mol. The molecule has 0 unspecified atom stereocenters. The maximum absolute atomic E-state index is 4.31. The highest BCUT2D eigenvalue weighted by Gasteiger charge is 2.11. The molecule has 0 fully saturated rings. The van der Waals surface area contributed by atoms with E-state index in [9.17, 15) is 0 Å². The fourth-order valence-electron chi connectivity index (χ4n) is 1.74. The lowest BCUT2D eigenvalue weighted by atomic mass is 10.3. The van der Waals surface area contributed by atoms with Gasteiger partial charge in [0.15, 0.2) is 5.84 Å². The second-order valence-corrected chi connectivity index (χ2v) is 4.46. The normalized spacial score (nSPS) is 12.2. The Bertz CT molecular complexity index is 667. The van der Waals surface area contributed by atoms with Crippen molar-refractivity contribution in [2.75, 3.05) is 7.05 Å². The van der Waals surface area contributed by atoms with Gasteiger partial charge in [0.2, 0.25) is 0 Å². The topological polar surface area (TPSA) is 43.1 Å². The lowest BCUT2D eigenvalue weighted by Crippen LogP contribution is -2.13. The minimum absolute atomic E-state index is 0.828. The Morgan fingerprint density at radius 1 is 1.24 bits per heavy atom. The van der Waals surface area contributed by atoms with Crippen LogP contribution in [0.4, 0.5) is 0 Å². The molecule has 2 heterocycles. The number of nitrogens with zero attached hydrogens (tertiary/aromatic N) is 4. The van der Waals surface area contributed by atoms with Gasteiger partial charge in [-0.15, -0.1) is 16.4 Å². The van der Waals surface area contributed by atoms with Gasteiger partial charge < -0.3 is 0 Å². The molecule has 0 aliphatic heterocycles. The largest absolute Gasteiger partial charge is 0.269 e. The third-order valence-electron chi connectivity index (χ3n) is 2.51. The first kappa shape index (κ1) is 10.2. The Morgan fingerprint density at radius 3 is 2.88 bits per heavy atom. The van der Waals surface area contributed by atoms with Crippen molar-refractivity contribution >= 4 is 28.2 Å². The van der Waals surface area contributed by atoms with E-state index in [1.165, 1.54) is 0 Å². The van der Waals surface area contributed by atoms with E-state index in [4.69, 9.17) is 0 Å². The van der Waals surface area contributed by atoms with Crippen LogP contribution in [0.1, 0.15) is 4.88 Å². The van der Waals surface area contributed by atoms with E-state index in [0.29, 0.717) is 0 Å². The highest BCUT2D eigenvalue weighted by atomic mass is 32.1. The second kappa shape index (κ2) is 4.10. The van der Waals surface area contributed by atoms with Gasteiger partial charge in [0, 0.05) is 7.05 Å². The van der Waals surface area contributed by atoms with Gasteiger partial charge in [-0.3, -0.25) is 4.99 Å². The van der Waals surface area contributed by atoms with Gasteiger partial charge in [0.25, 0.3) is 0 Å². The van der Waals surface area contributed by atoms with Crippen LogP contribution in [0.5, 0.6) is 0 Å². The Hall–Kier alpha value is -2.01. The fourth-order valence-corrected chi connectivity index (χ4v) is 2.48. The van der Waals surface area contributed by atoms with E-state index in [2.05, 4.69) is 15.3 Å². The number of para-hydroxylation sites is 1. The molecule has 0 atom stereocenters. The Labute approximate surface area is 102 Å². The molecule has 84 valence electrons. The fraction of sp³-hybridized carbons (Fsp3) is 0.0833. The molecule has 2 aromatic heterocycles. The summed E-state index contributed by atoms with van der Waals surface area (Å²) in [6.07, 6.45) is 0. The van der Waals surface area contributed by atoms with Gasteiger partial charge in [0.05, 0.1) is 10.4 Å². The molecule has 0 radical (unpaired) electrons. The number of thiophene rings is 1. The van der Waals surface area contributed by atoms with Crippen molar-refractivity contribution in [3.63, 3.8) is 0 Å². The molecular weight excluding hydrogens is 232 g/mol. The SMILES string of the molecule is CN=C(c1cccs1)n1nnc2ccccc21. The molecular formula is C12H10N4S. The summed E-state index contributed by atoms with van der Waals surface area (Å²) >= 11 is 1.64. The van der Waals surface area contributed by atoms with Crippen molar-refractivity contribution < 1.29 is 0 Å². The van der Waals surface area contributed by atoms with Crippen molar-refractivity contribution in [2.24, 2.45) is 4.99 Å². The Morgan fingerprint density at radius 2 is 2.12 bits per heavy atom. The molecule has 17 heavy (non-hydrogen) atoms. The Kier molecular flexibility index (Phi) is 2.45. The van der Waals surface area contributed by atoms with Crippen molar-refractivity contribution in [1.82, 2.24) is 15.0 Å². The molecule has 3 aromatic rings. The first-order valence-corrected chi connectivity index (χ1v) is 6.09. The number of hydrogen-bond donors (Lipinski definition) is 0. The van der Waals surface area contributed by atoms with Crippen LogP contribution in [0.3, 0.4) is 0 Å². The molecule has 0 N–H and O–H groups in total. The van der Waals surface area contributed by atoms with Crippen LogP contribution < -0.4 is 0 Å². The summed E-state index contributed by atoms with van der Waals surface area (Å²) in [6.45, 7) is 0. The van der Waals surface area contributed by atoms with Crippen LogP contribution >= 0.6 is 11.3 Å². The molecule has 1 aromatic carbocycles. The van der Waals surface area contributed by atoms with Crippen LogP contribution in [0.15, 0.2) is 46.8 Å². The standard InChI is InChI=1S/C12H10N4S/c1-13-12(11-7-4-8-17-11)16-10-6-3-2-5-9(10)14-15-16/h2-8H,1H3. The monoisotopic (exact) mass is 242 g/mol. The van der Waals surface area contributed by atoms with Crippen LogP contribution in [0.2, 0.25) is 0 Å². The first-order valence-electron chi connectivity index (χ1n) is 5.21. The zero-order chi connectivity index (χ0) is 11.7. The molecule has 5 heteroatoms. The van der Waals surface area contributed by atoms with Crippen LogP contribution in [0, 0.1) is 0 Å². The predicted octanol–water partition coefficient (Wildman–Crippen LogP) is 2.42. The number of hydrogen-bond acceptors (Lipinski definition) is 4. The summed E-state index contributed by atoms with van der Waals surface area (Å²) in [6, 6.07) is 11.9. The molecule has 3 rings (SSSR count). The molecule has 0 bridgehead atoms. The minimum Gasteiger partial charge on any atom is -0.269 e. The molecule has 4 nitrogen and oxygen atoms in total. The molecule has 0 spiro atoms. The van der Waals surface area contributed by atoms with Crippen LogP contribution in [-0.2, 0) is 0 Å². The predicted molar refractivity (Wildman–Crippen MR) is 69.7 cm³/mol. The summed E-state index contributed by atoms with van der Waals surface area (Å²) in [5, 5.41) is 10.3.